The number of ether oxygens (including phenoxy) is 3. The summed E-state index contributed by atoms with van der Waals surface area (Å²) in [4.78, 5) is 70.7. The van der Waals surface area contributed by atoms with Gasteiger partial charge in [0.2, 0.25) is 33.7 Å². The normalized spacial score (nSPS) is 12.5. The number of carboxylic acids is 2. The number of aliphatic carboxylic acids is 2. The smallest absolute Gasteiger partial charge is 0.326 e. The largest absolute Gasteiger partial charge is 0.480 e. The Hall–Kier alpha value is -3.39. The van der Waals surface area contributed by atoms with Gasteiger partial charge in [0.05, 0.1) is 32.2 Å². The van der Waals surface area contributed by atoms with Crippen molar-refractivity contribution >= 4 is 45.6 Å². The Morgan fingerprint density at radius 1 is 0.682 bits per heavy atom. The van der Waals surface area contributed by atoms with E-state index in [1.165, 1.54) is 7.05 Å². The number of sulfonamides is 1. The van der Waals surface area contributed by atoms with Crippen molar-refractivity contribution in [2.75, 3.05) is 65.5 Å². The maximum Gasteiger partial charge on any atom is 0.326 e. The van der Waals surface area contributed by atoms with Crippen molar-refractivity contribution in [1.82, 2.24) is 26.0 Å². The van der Waals surface area contributed by atoms with Crippen LogP contribution >= 0.6 is 0 Å². The zero-order valence-electron chi connectivity index (χ0n) is 25.1. The van der Waals surface area contributed by atoms with Gasteiger partial charge in [-0.15, -0.1) is 0 Å². The molecule has 0 radical (unpaired) electrons. The highest BCUT2D eigenvalue weighted by Crippen LogP contribution is 2.03. The summed E-state index contributed by atoms with van der Waals surface area (Å²) in [5, 5.41) is 28.3. The Bertz CT molecular complexity index is 1030. The van der Waals surface area contributed by atoms with Crippen LogP contribution in [0.3, 0.4) is 0 Å². The van der Waals surface area contributed by atoms with Crippen molar-refractivity contribution in [3.05, 3.63) is 0 Å². The van der Waals surface area contributed by atoms with Crippen LogP contribution in [-0.4, -0.2) is 132 Å². The molecular weight excluding hydrogens is 610 g/mol. The van der Waals surface area contributed by atoms with Crippen LogP contribution in [0.25, 0.3) is 0 Å². The molecule has 0 spiro atoms. The molecule has 0 fully saturated rings. The van der Waals surface area contributed by atoms with Crippen LogP contribution in [0.5, 0.6) is 0 Å². The van der Waals surface area contributed by atoms with E-state index in [1.54, 1.807) is 6.92 Å². The van der Waals surface area contributed by atoms with E-state index in [-0.39, 0.29) is 76.7 Å². The second kappa shape index (κ2) is 24.0. The molecule has 0 aliphatic heterocycles. The molecule has 0 bridgehead atoms. The molecule has 18 nitrogen and oxygen atoms in total. The van der Waals surface area contributed by atoms with Crippen LogP contribution < -0.4 is 26.0 Å². The lowest BCUT2D eigenvalue weighted by Crippen LogP contribution is -2.45. The maximum absolute atomic E-state index is 12.2. The summed E-state index contributed by atoms with van der Waals surface area (Å²) in [6.45, 7) is 2.76. The molecular formula is C25H45N5O13S. The lowest BCUT2D eigenvalue weighted by Gasteiger charge is -2.17. The fourth-order valence-electron chi connectivity index (χ4n) is 3.32. The van der Waals surface area contributed by atoms with Gasteiger partial charge < -0.3 is 45.7 Å². The van der Waals surface area contributed by atoms with Crippen LogP contribution in [0.1, 0.15) is 45.4 Å². The monoisotopic (exact) mass is 655 g/mol. The van der Waals surface area contributed by atoms with E-state index in [2.05, 4.69) is 26.0 Å². The van der Waals surface area contributed by atoms with Gasteiger partial charge in [0.1, 0.15) is 18.7 Å². The van der Waals surface area contributed by atoms with Gasteiger partial charge in [-0.25, -0.2) is 22.7 Å². The SMILES string of the molecule is CCOCCNC(=O)CC[C@H](NC(=O)CC[C@H](NC(=O)COCCOCCNC(=O)CCCS(=O)(=O)NC)C(=O)O)C(=O)O. The predicted octanol–water partition coefficient (Wildman–Crippen LogP) is -2.68. The number of carbonyl (C=O) groups is 6. The standard InChI is InChI=1S/C25H45N5O13S/c1-3-41-12-10-28-21(32)8-6-18(24(35)36)29-22(33)9-7-19(25(37)38)30-23(34)17-43-15-14-42-13-11-27-20(31)5-4-16-44(39,40)26-2/h18-19,26H,3-17H2,1-2H3,(H,27,31)(H,28,32)(H,29,33)(H,30,34)(H,35,36)(H,37,38)/t18-,19-/m0/s1. The Morgan fingerprint density at radius 2 is 1.18 bits per heavy atom. The van der Waals surface area contributed by atoms with Crippen LogP contribution in [-0.2, 0) is 53.0 Å². The first-order valence-electron chi connectivity index (χ1n) is 14.0. The predicted molar refractivity (Wildman–Crippen MR) is 154 cm³/mol. The third-order valence-corrected chi connectivity index (χ3v) is 7.11. The molecule has 7 N–H and O–H groups in total. The van der Waals surface area contributed by atoms with Gasteiger partial charge in [-0.1, -0.05) is 0 Å². The van der Waals surface area contributed by atoms with Crippen molar-refractivity contribution in [2.24, 2.45) is 0 Å². The molecule has 2 atom stereocenters. The quantitative estimate of drug-likeness (QED) is 0.0445. The summed E-state index contributed by atoms with van der Waals surface area (Å²) in [5.41, 5.74) is 0. The molecule has 0 aromatic heterocycles. The van der Waals surface area contributed by atoms with E-state index in [0.29, 0.717) is 13.2 Å². The van der Waals surface area contributed by atoms with Gasteiger partial charge in [0.25, 0.3) is 0 Å². The van der Waals surface area contributed by atoms with E-state index < -0.39 is 64.8 Å². The van der Waals surface area contributed by atoms with E-state index in [9.17, 15) is 47.4 Å². The van der Waals surface area contributed by atoms with Crippen molar-refractivity contribution in [3.63, 3.8) is 0 Å². The van der Waals surface area contributed by atoms with Gasteiger partial charge in [-0.3, -0.25) is 19.2 Å². The highest BCUT2D eigenvalue weighted by molar-refractivity contribution is 7.89. The minimum Gasteiger partial charge on any atom is -0.480 e. The average Bonchev–Trinajstić information content (AvgIpc) is 2.96. The number of rotatable bonds is 27. The molecule has 0 heterocycles. The van der Waals surface area contributed by atoms with E-state index in [1.807, 2.05) is 0 Å². The molecule has 4 amide bonds. The summed E-state index contributed by atoms with van der Waals surface area (Å²) >= 11 is 0. The lowest BCUT2D eigenvalue weighted by atomic mass is 10.1. The zero-order valence-corrected chi connectivity index (χ0v) is 25.9. The molecule has 44 heavy (non-hydrogen) atoms. The first kappa shape index (κ1) is 40.6. The van der Waals surface area contributed by atoms with Crippen molar-refractivity contribution in [3.8, 4) is 0 Å². The summed E-state index contributed by atoms with van der Waals surface area (Å²) in [6.07, 6.45) is -0.849. The third kappa shape index (κ3) is 22.2. The molecule has 0 aliphatic rings. The molecule has 0 unspecified atom stereocenters. The Labute approximate surface area is 256 Å². The second-order valence-corrected chi connectivity index (χ2v) is 11.2. The van der Waals surface area contributed by atoms with Gasteiger partial charge >= 0.3 is 11.9 Å². The van der Waals surface area contributed by atoms with Gasteiger partial charge in [-0.05, 0) is 33.2 Å². The van der Waals surface area contributed by atoms with E-state index in [4.69, 9.17) is 14.2 Å². The highest BCUT2D eigenvalue weighted by atomic mass is 32.2. The number of carbonyl (C=O) groups excluding carboxylic acids is 4. The number of carboxylic acid groups (broad SMARTS) is 2. The summed E-state index contributed by atoms with van der Waals surface area (Å²) in [5.74, 6) is -5.18. The van der Waals surface area contributed by atoms with Crippen molar-refractivity contribution < 1.29 is 61.6 Å². The molecule has 0 aromatic rings. The highest BCUT2D eigenvalue weighted by Gasteiger charge is 2.24. The molecule has 0 saturated carbocycles. The summed E-state index contributed by atoms with van der Waals surface area (Å²) in [7, 11) is -2.07. The van der Waals surface area contributed by atoms with Crippen LogP contribution in [0, 0.1) is 0 Å². The summed E-state index contributed by atoms with van der Waals surface area (Å²) in [6, 6.07) is -2.80. The Morgan fingerprint density at radius 3 is 1.73 bits per heavy atom. The van der Waals surface area contributed by atoms with Crippen LogP contribution in [0.15, 0.2) is 0 Å². The number of amides is 4. The van der Waals surface area contributed by atoms with Crippen molar-refractivity contribution in [2.45, 2.75) is 57.5 Å². The fourth-order valence-corrected chi connectivity index (χ4v) is 4.05. The Balaban J connectivity index is 4.20. The molecule has 0 aromatic carbocycles. The van der Waals surface area contributed by atoms with Gasteiger partial charge in [0.15, 0.2) is 0 Å². The van der Waals surface area contributed by atoms with E-state index >= 15 is 0 Å². The fraction of sp³-hybridized carbons (Fsp3) is 0.760. The third-order valence-electron chi connectivity index (χ3n) is 5.66. The molecule has 0 aliphatic carbocycles. The lowest BCUT2D eigenvalue weighted by molar-refractivity contribution is -0.144. The maximum atomic E-state index is 12.2. The first-order chi connectivity index (χ1) is 20.8. The van der Waals surface area contributed by atoms with Crippen molar-refractivity contribution in [1.29, 1.82) is 0 Å². The van der Waals surface area contributed by atoms with Gasteiger partial charge in [0, 0.05) is 39.0 Å². The molecule has 0 saturated heterocycles. The zero-order chi connectivity index (χ0) is 33.4. The number of nitrogens with one attached hydrogen (secondary N) is 5. The topological polar surface area (TPSA) is 265 Å². The van der Waals surface area contributed by atoms with Gasteiger partial charge in [-0.2, -0.15) is 0 Å². The van der Waals surface area contributed by atoms with E-state index in [0.717, 1.165) is 0 Å². The Kier molecular flexibility index (Phi) is 22.1. The molecule has 0 rings (SSSR count). The second-order valence-electron chi connectivity index (χ2n) is 9.18. The molecule has 19 heteroatoms. The first-order valence-corrected chi connectivity index (χ1v) is 15.7. The minimum absolute atomic E-state index is 0.00942. The minimum atomic E-state index is -3.36. The summed E-state index contributed by atoms with van der Waals surface area (Å²) < 4.78 is 40.2. The average molecular weight is 656 g/mol. The molecule has 254 valence electrons. The van der Waals surface area contributed by atoms with Crippen LogP contribution in [0.4, 0.5) is 0 Å². The number of hydrogen-bond acceptors (Lipinski definition) is 11. The van der Waals surface area contributed by atoms with Crippen LogP contribution in [0.2, 0.25) is 0 Å². The number of hydrogen-bond donors (Lipinski definition) is 7.